The highest BCUT2D eigenvalue weighted by molar-refractivity contribution is 8.00. The van der Waals surface area contributed by atoms with Crippen LogP contribution in [-0.2, 0) is 11.8 Å². The first-order valence-electron chi connectivity index (χ1n) is 6.41. The van der Waals surface area contributed by atoms with Gasteiger partial charge in [-0.15, -0.1) is 0 Å². The molecule has 9 heteroatoms. The number of nitrogens with zero attached hydrogens (tertiary/aromatic N) is 4. The third kappa shape index (κ3) is 3.48. The molecule has 21 heavy (non-hydrogen) atoms. The minimum atomic E-state index is -0.496. The van der Waals surface area contributed by atoms with E-state index in [0.29, 0.717) is 17.2 Å². The minimum Gasteiger partial charge on any atom is -0.338 e. The number of carbonyl (C=O) groups excluding carboxylic acids is 2. The molecule has 0 fully saturated rings. The Morgan fingerprint density at radius 1 is 1.43 bits per heavy atom. The predicted octanol–water partition coefficient (Wildman–Crippen LogP) is 0.690. The molecule has 2 rings (SSSR count). The molecule has 2 N–H and O–H groups in total. The van der Waals surface area contributed by atoms with Crippen LogP contribution in [0.2, 0.25) is 0 Å². The first-order chi connectivity index (χ1) is 10.0. The number of aromatic nitrogens is 4. The molecule has 0 unspecified atom stereocenters. The number of amides is 3. The van der Waals surface area contributed by atoms with Crippen LogP contribution in [-0.4, -0.2) is 43.5 Å². The molecule has 2 aromatic rings. The van der Waals surface area contributed by atoms with Gasteiger partial charge in [-0.05, 0) is 13.8 Å². The topological polar surface area (TPSA) is 102 Å². The van der Waals surface area contributed by atoms with Gasteiger partial charge in [-0.1, -0.05) is 11.8 Å². The minimum absolute atomic E-state index is 0.374. The standard InChI is InChI=1S/C12H16N6O2S/c1-4-13-12(20)17-10(19)7(2)21-11-8-5-16-18(3)9(8)14-6-15-11/h5-7H,4H2,1-3H3,(H2,13,17,19,20)/t7-/m1/s1. The monoisotopic (exact) mass is 308 g/mol. The van der Waals surface area contributed by atoms with E-state index in [4.69, 9.17) is 0 Å². The number of nitrogens with one attached hydrogen (secondary N) is 2. The van der Waals surface area contributed by atoms with Gasteiger partial charge in [0.25, 0.3) is 0 Å². The van der Waals surface area contributed by atoms with Crippen molar-refractivity contribution in [3.8, 4) is 0 Å². The van der Waals surface area contributed by atoms with E-state index in [-0.39, 0.29) is 5.91 Å². The van der Waals surface area contributed by atoms with E-state index in [1.165, 1.54) is 18.1 Å². The fourth-order valence-electron chi connectivity index (χ4n) is 1.67. The maximum absolute atomic E-state index is 11.9. The van der Waals surface area contributed by atoms with Crippen LogP contribution in [0.5, 0.6) is 0 Å². The highest BCUT2D eigenvalue weighted by Crippen LogP contribution is 2.27. The molecule has 0 aromatic carbocycles. The summed E-state index contributed by atoms with van der Waals surface area (Å²) >= 11 is 1.26. The van der Waals surface area contributed by atoms with Crippen LogP contribution >= 0.6 is 11.8 Å². The van der Waals surface area contributed by atoms with E-state index in [1.54, 1.807) is 31.8 Å². The summed E-state index contributed by atoms with van der Waals surface area (Å²) in [6.07, 6.45) is 3.09. The van der Waals surface area contributed by atoms with Gasteiger partial charge in [0.05, 0.1) is 16.8 Å². The van der Waals surface area contributed by atoms with Crippen LogP contribution in [0.25, 0.3) is 11.0 Å². The van der Waals surface area contributed by atoms with Crippen molar-refractivity contribution in [2.24, 2.45) is 7.05 Å². The summed E-state index contributed by atoms with van der Waals surface area (Å²) in [5, 5.41) is 9.88. The van der Waals surface area contributed by atoms with Crippen LogP contribution in [0, 0.1) is 0 Å². The molecule has 8 nitrogen and oxygen atoms in total. The Bertz CT molecular complexity index is 671. The molecule has 0 aliphatic carbocycles. The second-order valence-corrected chi connectivity index (χ2v) is 5.62. The number of urea groups is 1. The second kappa shape index (κ2) is 6.53. The quantitative estimate of drug-likeness (QED) is 0.636. The van der Waals surface area contributed by atoms with Crippen LogP contribution < -0.4 is 10.6 Å². The predicted molar refractivity (Wildman–Crippen MR) is 78.8 cm³/mol. The van der Waals surface area contributed by atoms with Gasteiger partial charge < -0.3 is 5.32 Å². The Morgan fingerprint density at radius 3 is 2.90 bits per heavy atom. The average molecular weight is 308 g/mol. The lowest BCUT2D eigenvalue weighted by atomic mass is 10.4. The molecule has 3 amide bonds. The molecular formula is C12H16N6O2S. The van der Waals surface area contributed by atoms with Crippen molar-refractivity contribution in [2.75, 3.05) is 6.54 Å². The molecule has 0 spiro atoms. The Kier molecular flexibility index (Phi) is 4.73. The van der Waals surface area contributed by atoms with Crippen molar-refractivity contribution in [2.45, 2.75) is 24.1 Å². The summed E-state index contributed by atoms with van der Waals surface area (Å²) in [5.74, 6) is -0.374. The van der Waals surface area contributed by atoms with Crippen molar-refractivity contribution in [1.82, 2.24) is 30.4 Å². The zero-order chi connectivity index (χ0) is 15.4. The van der Waals surface area contributed by atoms with Crippen LogP contribution in [0.3, 0.4) is 0 Å². The molecule has 0 saturated heterocycles. The number of thioether (sulfide) groups is 1. The summed E-state index contributed by atoms with van der Waals surface area (Å²) in [7, 11) is 1.79. The summed E-state index contributed by atoms with van der Waals surface area (Å²) in [6.45, 7) is 3.95. The van der Waals surface area contributed by atoms with E-state index in [0.717, 1.165) is 5.39 Å². The van der Waals surface area contributed by atoms with Crippen LogP contribution in [0.15, 0.2) is 17.6 Å². The molecule has 0 radical (unpaired) electrons. The molecule has 0 aliphatic heterocycles. The number of fused-ring (bicyclic) bond motifs is 1. The maximum Gasteiger partial charge on any atom is 0.321 e. The number of carbonyl (C=O) groups is 2. The summed E-state index contributed by atoms with van der Waals surface area (Å²) in [4.78, 5) is 31.6. The number of rotatable bonds is 4. The number of hydrogen-bond acceptors (Lipinski definition) is 6. The van der Waals surface area contributed by atoms with Gasteiger partial charge >= 0.3 is 6.03 Å². The fraction of sp³-hybridized carbons (Fsp3) is 0.417. The molecule has 1 atom stereocenters. The molecular weight excluding hydrogens is 292 g/mol. The highest BCUT2D eigenvalue weighted by Gasteiger charge is 2.19. The lowest BCUT2D eigenvalue weighted by molar-refractivity contribution is -0.119. The van der Waals surface area contributed by atoms with Gasteiger partial charge in [0.1, 0.15) is 11.4 Å². The summed E-state index contributed by atoms with van der Waals surface area (Å²) in [5.41, 5.74) is 0.698. The first-order valence-corrected chi connectivity index (χ1v) is 7.29. The number of hydrogen-bond donors (Lipinski definition) is 2. The zero-order valence-corrected chi connectivity index (χ0v) is 12.8. The van der Waals surface area contributed by atoms with Gasteiger partial charge in [0.15, 0.2) is 5.65 Å². The smallest absolute Gasteiger partial charge is 0.321 e. The molecule has 112 valence electrons. The molecule has 0 aliphatic rings. The normalized spacial score (nSPS) is 12.1. The molecule has 0 bridgehead atoms. The van der Waals surface area contributed by atoms with E-state index < -0.39 is 11.3 Å². The largest absolute Gasteiger partial charge is 0.338 e. The summed E-state index contributed by atoms with van der Waals surface area (Å²) < 4.78 is 1.64. The summed E-state index contributed by atoms with van der Waals surface area (Å²) in [6, 6.07) is -0.496. The Labute approximate surface area is 125 Å². The third-order valence-electron chi connectivity index (χ3n) is 2.72. The van der Waals surface area contributed by atoms with Crippen LogP contribution in [0.4, 0.5) is 4.79 Å². The second-order valence-electron chi connectivity index (χ2n) is 4.29. The lowest BCUT2D eigenvalue weighted by Crippen LogP contribution is -2.42. The van der Waals surface area contributed by atoms with Gasteiger partial charge in [-0.3, -0.25) is 14.8 Å². The van der Waals surface area contributed by atoms with Crippen molar-refractivity contribution in [3.63, 3.8) is 0 Å². The number of imide groups is 1. The van der Waals surface area contributed by atoms with Crippen molar-refractivity contribution < 1.29 is 9.59 Å². The van der Waals surface area contributed by atoms with Gasteiger partial charge in [0, 0.05) is 13.6 Å². The molecule has 0 saturated carbocycles. The average Bonchev–Trinajstić information content (AvgIpc) is 2.82. The van der Waals surface area contributed by atoms with E-state index in [2.05, 4.69) is 25.7 Å². The fourth-order valence-corrected chi connectivity index (χ4v) is 2.55. The van der Waals surface area contributed by atoms with Gasteiger partial charge in [0.2, 0.25) is 5.91 Å². The zero-order valence-electron chi connectivity index (χ0n) is 12.0. The van der Waals surface area contributed by atoms with E-state index >= 15 is 0 Å². The van der Waals surface area contributed by atoms with Crippen molar-refractivity contribution >= 4 is 34.7 Å². The molecule has 2 aromatic heterocycles. The Hall–Kier alpha value is -2.16. The Balaban J connectivity index is 2.09. The van der Waals surface area contributed by atoms with Crippen LogP contribution in [0.1, 0.15) is 13.8 Å². The Morgan fingerprint density at radius 2 is 2.19 bits per heavy atom. The number of aryl methyl sites for hydroxylation is 1. The maximum atomic E-state index is 11.9. The highest BCUT2D eigenvalue weighted by atomic mass is 32.2. The van der Waals surface area contributed by atoms with Gasteiger partial charge in [-0.2, -0.15) is 5.10 Å². The van der Waals surface area contributed by atoms with Crippen molar-refractivity contribution in [1.29, 1.82) is 0 Å². The SMILES string of the molecule is CCNC(=O)NC(=O)[C@@H](C)Sc1ncnc2c1cnn2C. The van der Waals surface area contributed by atoms with Gasteiger partial charge in [-0.25, -0.2) is 14.8 Å². The first kappa shape index (κ1) is 15.2. The third-order valence-corrected chi connectivity index (χ3v) is 3.84. The molecule has 2 heterocycles. The van der Waals surface area contributed by atoms with Crippen molar-refractivity contribution in [3.05, 3.63) is 12.5 Å². The van der Waals surface area contributed by atoms with E-state index in [1.807, 2.05) is 0 Å². The lowest BCUT2D eigenvalue weighted by Gasteiger charge is -2.11. The van der Waals surface area contributed by atoms with E-state index in [9.17, 15) is 9.59 Å².